The lowest BCUT2D eigenvalue weighted by Gasteiger charge is -2.20. The third-order valence-electron chi connectivity index (χ3n) is 3.54. The summed E-state index contributed by atoms with van der Waals surface area (Å²) in [6, 6.07) is 10.7. The summed E-state index contributed by atoms with van der Waals surface area (Å²) in [5.41, 5.74) is 10.8. The van der Waals surface area contributed by atoms with E-state index in [9.17, 15) is 0 Å². The first kappa shape index (κ1) is 13.6. The molecule has 0 fully saturated rings. The molecule has 0 spiro atoms. The largest absolute Gasteiger partial charge is 0.383 e. The molecule has 0 aliphatic carbocycles. The number of nitrogen functional groups attached to an aromatic ring is 1. The molecule has 1 heterocycles. The van der Waals surface area contributed by atoms with E-state index in [-0.39, 0.29) is 6.04 Å². The molecule has 1 aromatic carbocycles. The maximum Gasteiger partial charge on any atom is 0.128 e. The highest BCUT2D eigenvalue weighted by atomic mass is 14.9. The Morgan fingerprint density at radius 3 is 2.42 bits per heavy atom. The second-order valence-corrected chi connectivity index (χ2v) is 4.74. The summed E-state index contributed by atoms with van der Waals surface area (Å²) in [7, 11) is 1.95. The van der Waals surface area contributed by atoms with E-state index in [1.807, 2.05) is 13.1 Å². The van der Waals surface area contributed by atoms with Crippen LogP contribution in [-0.2, 0) is 6.42 Å². The van der Waals surface area contributed by atoms with Crippen LogP contribution in [-0.4, -0.2) is 12.0 Å². The Kier molecular flexibility index (Phi) is 4.17. The molecule has 3 nitrogen and oxygen atoms in total. The molecular formula is C16H21N3. The summed E-state index contributed by atoms with van der Waals surface area (Å²) >= 11 is 0. The summed E-state index contributed by atoms with van der Waals surface area (Å²) in [5, 5.41) is 3.33. The summed E-state index contributed by atoms with van der Waals surface area (Å²) in [6.07, 6.45) is 2.81. The van der Waals surface area contributed by atoms with E-state index in [0.29, 0.717) is 5.82 Å². The zero-order valence-corrected chi connectivity index (χ0v) is 11.8. The van der Waals surface area contributed by atoms with Crippen LogP contribution in [0.3, 0.4) is 0 Å². The number of benzene rings is 1. The molecule has 1 aromatic heterocycles. The van der Waals surface area contributed by atoms with Crippen molar-refractivity contribution in [2.75, 3.05) is 12.8 Å². The third-order valence-corrected chi connectivity index (χ3v) is 3.54. The summed E-state index contributed by atoms with van der Waals surface area (Å²) in [5.74, 6) is 0.596. The second kappa shape index (κ2) is 5.85. The van der Waals surface area contributed by atoms with Crippen LogP contribution >= 0.6 is 0 Å². The fraction of sp³-hybridized carbons (Fsp3) is 0.312. The molecule has 0 radical (unpaired) electrons. The van der Waals surface area contributed by atoms with Gasteiger partial charge in [0.25, 0.3) is 0 Å². The van der Waals surface area contributed by atoms with Crippen LogP contribution in [0.1, 0.15) is 35.2 Å². The van der Waals surface area contributed by atoms with Gasteiger partial charge in [-0.15, -0.1) is 0 Å². The normalized spacial score (nSPS) is 12.4. The molecule has 100 valence electrons. The average molecular weight is 255 g/mol. The van der Waals surface area contributed by atoms with E-state index in [2.05, 4.69) is 48.4 Å². The summed E-state index contributed by atoms with van der Waals surface area (Å²) in [4.78, 5) is 4.21. The van der Waals surface area contributed by atoms with Crippen LogP contribution in [0.5, 0.6) is 0 Å². The molecule has 1 atom stereocenters. The molecule has 19 heavy (non-hydrogen) atoms. The van der Waals surface area contributed by atoms with Crippen molar-refractivity contribution in [2.24, 2.45) is 0 Å². The van der Waals surface area contributed by atoms with E-state index < -0.39 is 0 Å². The number of rotatable bonds is 4. The highest BCUT2D eigenvalue weighted by molar-refractivity contribution is 5.50. The number of nitrogens with zero attached hydrogens (tertiary/aromatic N) is 1. The molecule has 2 rings (SSSR count). The Hall–Kier alpha value is -1.87. The molecule has 3 N–H and O–H groups in total. The van der Waals surface area contributed by atoms with Crippen molar-refractivity contribution in [3.8, 4) is 0 Å². The van der Waals surface area contributed by atoms with Crippen molar-refractivity contribution >= 4 is 5.82 Å². The van der Waals surface area contributed by atoms with Gasteiger partial charge in [-0.05, 0) is 43.1 Å². The molecule has 0 saturated carbocycles. The van der Waals surface area contributed by atoms with Gasteiger partial charge >= 0.3 is 0 Å². The van der Waals surface area contributed by atoms with Gasteiger partial charge in [0.1, 0.15) is 5.82 Å². The van der Waals surface area contributed by atoms with Gasteiger partial charge in [0.15, 0.2) is 0 Å². The fourth-order valence-corrected chi connectivity index (χ4v) is 2.39. The Morgan fingerprint density at radius 2 is 1.89 bits per heavy atom. The van der Waals surface area contributed by atoms with Crippen molar-refractivity contribution in [1.29, 1.82) is 0 Å². The number of pyridine rings is 1. The minimum Gasteiger partial charge on any atom is -0.383 e. The Balaban J connectivity index is 2.44. The van der Waals surface area contributed by atoms with Gasteiger partial charge in [0, 0.05) is 11.8 Å². The highest BCUT2D eigenvalue weighted by Gasteiger charge is 2.17. The van der Waals surface area contributed by atoms with Crippen molar-refractivity contribution in [2.45, 2.75) is 26.3 Å². The maximum atomic E-state index is 6.04. The first-order chi connectivity index (χ1) is 9.17. The van der Waals surface area contributed by atoms with Gasteiger partial charge in [-0.3, -0.25) is 0 Å². The minimum atomic E-state index is 0.0830. The SMILES string of the molecule is CCc1ccc(C(NC)c2c(C)ccnc2N)cc1. The van der Waals surface area contributed by atoms with Crippen molar-refractivity contribution in [1.82, 2.24) is 10.3 Å². The van der Waals surface area contributed by atoms with Crippen molar-refractivity contribution in [3.05, 3.63) is 58.8 Å². The Bertz CT molecular complexity index is 526. The van der Waals surface area contributed by atoms with Crippen LogP contribution in [0.15, 0.2) is 36.5 Å². The van der Waals surface area contributed by atoms with Gasteiger partial charge in [-0.2, -0.15) is 0 Å². The minimum absolute atomic E-state index is 0.0830. The number of aromatic nitrogens is 1. The number of aryl methyl sites for hydroxylation is 2. The molecule has 0 aliphatic rings. The molecule has 0 bridgehead atoms. The zero-order chi connectivity index (χ0) is 13.8. The monoisotopic (exact) mass is 255 g/mol. The molecule has 1 unspecified atom stereocenters. The number of anilines is 1. The highest BCUT2D eigenvalue weighted by Crippen LogP contribution is 2.28. The van der Waals surface area contributed by atoms with Gasteiger partial charge in [-0.1, -0.05) is 31.2 Å². The van der Waals surface area contributed by atoms with Crippen LogP contribution in [0, 0.1) is 6.92 Å². The van der Waals surface area contributed by atoms with E-state index in [1.54, 1.807) is 6.20 Å². The Morgan fingerprint density at radius 1 is 1.21 bits per heavy atom. The number of hydrogen-bond acceptors (Lipinski definition) is 3. The second-order valence-electron chi connectivity index (χ2n) is 4.74. The number of nitrogens with one attached hydrogen (secondary N) is 1. The van der Waals surface area contributed by atoms with Crippen LogP contribution in [0.4, 0.5) is 5.82 Å². The molecule has 2 aromatic rings. The topological polar surface area (TPSA) is 50.9 Å². The predicted octanol–water partition coefficient (Wildman–Crippen LogP) is 2.84. The van der Waals surface area contributed by atoms with Crippen molar-refractivity contribution < 1.29 is 0 Å². The first-order valence-electron chi connectivity index (χ1n) is 6.64. The van der Waals surface area contributed by atoms with Gasteiger partial charge < -0.3 is 11.1 Å². The van der Waals surface area contributed by atoms with Crippen molar-refractivity contribution in [3.63, 3.8) is 0 Å². The average Bonchev–Trinajstić information content (AvgIpc) is 2.43. The van der Waals surface area contributed by atoms with Crippen LogP contribution in [0.25, 0.3) is 0 Å². The van der Waals surface area contributed by atoms with Gasteiger partial charge in [-0.25, -0.2) is 4.98 Å². The Labute approximate surface area is 114 Å². The standard InChI is InChI=1S/C16H21N3/c1-4-12-5-7-13(8-6-12)15(18-3)14-11(2)9-10-19-16(14)17/h5-10,15,18H,4H2,1-3H3,(H2,17,19). The van der Waals surface area contributed by atoms with Crippen LogP contribution < -0.4 is 11.1 Å². The number of nitrogens with two attached hydrogens (primary N) is 1. The molecular weight excluding hydrogens is 234 g/mol. The third kappa shape index (κ3) is 2.76. The molecule has 0 amide bonds. The zero-order valence-electron chi connectivity index (χ0n) is 11.8. The summed E-state index contributed by atoms with van der Waals surface area (Å²) in [6.45, 7) is 4.23. The van der Waals surface area contributed by atoms with Gasteiger partial charge in [0.2, 0.25) is 0 Å². The summed E-state index contributed by atoms with van der Waals surface area (Å²) < 4.78 is 0. The smallest absolute Gasteiger partial charge is 0.128 e. The quantitative estimate of drug-likeness (QED) is 0.883. The first-order valence-corrected chi connectivity index (χ1v) is 6.64. The van der Waals surface area contributed by atoms with E-state index in [4.69, 9.17) is 5.73 Å². The molecule has 3 heteroatoms. The van der Waals surface area contributed by atoms with Gasteiger partial charge in [0.05, 0.1) is 6.04 Å². The lowest BCUT2D eigenvalue weighted by Crippen LogP contribution is -2.20. The lowest BCUT2D eigenvalue weighted by atomic mass is 9.95. The molecule has 0 aliphatic heterocycles. The predicted molar refractivity (Wildman–Crippen MR) is 80.1 cm³/mol. The van der Waals surface area contributed by atoms with E-state index in [0.717, 1.165) is 17.5 Å². The lowest BCUT2D eigenvalue weighted by molar-refractivity contribution is 0.686. The van der Waals surface area contributed by atoms with E-state index in [1.165, 1.54) is 11.1 Å². The fourth-order valence-electron chi connectivity index (χ4n) is 2.39. The number of hydrogen-bond donors (Lipinski definition) is 2. The maximum absolute atomic E-state index is 6.04. The van der Waals surface area contributed by atoms with Crippen LogP contribution in [0.2, 0.25) is 0 Å². The van der Waals surface area contributed by atoms with E-state index >= 15 is 0 Å². The molecule has 0 saturated heterocycles.